The largest absolute Gasteiger partial charge is 0.494 e. The highest BCUT2D eigenvalue weighted by molar-refractivity contribution is 7.13. The number of thiophene rings is 1. The molecule has 0 amide bonds. The molecule has 186 valence electrons. The average Bonchev–Trinajstić information content (AvgIpc) is 3.51. The molecule has 5 aromatic rings. The van der Waals surface area contributed by atoms with Crippen LogP contribution in [-0.2, 0) is 4.74 Å². The first-order chi connectivity index (χ1) is 18.3. The number of benzene rings is 1. The molecule has 37 heavy (non-hydrogen) atoms. The summed E-state index contributed by atoms with van der Waals surface area (Å²) in [5.41, 5.74) is 5.98. The summed E-state index contributed by atoms with van der Waals surface area (Å²) in [7, 11) is 0. The van der Waals surface area contributed by atoms with Crippen molar-refractivity contribution in [1.29, 1.82) is 0 Å². The molecule has 0 bridgehead atoms. The molecule has 0 spiro atoms. The van der Waals surface area contributed by atoms with Crippen LogP contribution < -0.4 is 4.74 Å². The summed E-state index contributed by atoms with van der Waals surface area (Å²) in [6, 6.07) is 18.2. The van der Waals surface area contributed by atoms with Crippen LogP contribution in [0.3, 0.4) is 0 Å². The van der Waals surface area contributed by atoms with Gasteiger partial charge in [-0.15, -0.1) is 11.3 Å². The lowest BCUT2D eigenvalue weighted by Crippen LogP contribution is -2.37. The third-order valence-electron chi connectivity index (χ3n) is 6.39. The van der Waals surface area contributed by atoms with Gasteiger partial charge < -0.3 is 9.47 Å². The van der Waals surface area contributed by atoms with Gasteiger partial charge in [-0.1, -0.05) is 18.2 Å². The number of aromatic nitrogens is 4. The van der Waals surface area contributed by atoms with Gasteiger partial charge in [-0.2, -0.15) is 0 Å². The lowest BCUT2D eigenvalue weighted by Gasteiger charge is -2.26. The van der Waals surface area contributed by atoms with Crippen LogP contribution in [0.4, 0.5) is 0 Å². The van der Waals surface area contributed by atoms with E-state index >= 15 is 0 Å². The van der Waals surface area contributed by atoms with Crippen LogP contribution in [0, 0.1) is 0 Å². The Morgan fingerprint density at radius 3 is 2.57 bits per heavy atom. The molecule has 0 atom stereocenters. The van der Waals surface area contributed by atoms with E-state index in [9.17, 15) is 0 Å². The van der Waals surface area contributed by atoms with Gasteiger partial charge in [-0.3, -0.25) is 9.88 Å². The Morgan fingerprint density at radius 2 is 1.78 bits per heavy atom. The molecule has 1 aliphatic heterocycles. The minimum Gasteiger partial charge on any atom is -0.494 e. The molecule has 6 rings (SSSR count). The number of ether oxygens (including phenoxy) is 2. The lowest BCUT2D eigenvalue weighted by molar-refractivity contribution is 0.0358. The predicted octanol–water partition coefficient (Wildman–Crippen LogP) is 5.58. The van der Waals surface area contributed by atoms with Gasteiger partial charge in [0.2, 0.25) is 0 Å². The second-order valence-electron chi connectivity index (χ2n) is 8.89. The first kappa shape index (κ1) is 23.7. The first-order valence-corrected chi connectivity index (χ1v) is 13.4. The minimum absolute atomic E-state index is 0.625. The molecule has 1 aliphatic rings. The zero-order valence-electron chi connectivity index (χ0n) is 20.4. The summed E-state index contributed by atoms with van der Waals surface area (Å²) in [4.78, 5) is 22.3. The molecular formula is C29H27N5O2S. The molecular weight excluding hydrogens is 482 g/mol. The summed E-state index contributed by atoms with van der Waals surface area (Å²) in [5, 5.41) is 2.04. The van der Waals surface area contributed by atoms with E-state index in [1.807, 2.05) is 54.2 Å². The summed E-state index contributed by atoms with van der Waals surface area (Å²) in [6.45, 7) is 5.43. The van der Waals surface area contributed by atoms with E-state index in [2.05, 4.69) is 33.1 Å². The van der Waals surface area contributed by atoms with Crippen molar-refractivity contribution in [2.24, 2.45) is 0 Å². The Hall–Kier alpha value is -3.72. The number of hydrogen-bond acceptors (Lipinski definition) is 8. The molecule has 1 fully saturated rings. The molecule has 4 aromatic heterocycles. The van der Waals surface area contributed by atoms with Crippen LogP contribution in [0.1, 0.15) is 6.42 Å². The SMILES string of the molecule is c1cncc(-c2nc3cc(-c4ccc(OCCCN5CCOCC5)cc4)cnc3nc2-c2cccs2)c1. The van der Waals surface area contributed by atoms with E-state index in [0.717, 1.165) is 83.5 Å². The molecule has 5 heterocycles. The second kappa shape index (κ2) is 11.1. The first-order valence-electron chi connectivity index (χ1n) is 12.5. The van der Waals surface area contributed by atoms with Gasteiger partial charge in [0.25, 0.3) is 0 Å². The zero-order valence-corrected chi connectivity index (χ0v) is 21.2. The van der Waals surface area contributed by atoms with Crippen LogP contribution in [0.2, 0.25) is 0 Å². The predicted molar refractivity (Wildman–Crippen MR) is 147 cm³/mol. The van der Waals surface area contributed by atoms with Crippen molar-refractivity contribution in [3.8, 4) is 38.7 Å². The van der Waals surface area contributed by atoms with Crippen LogP contribution in [-0.4, -0.2) is 64.3 Å². The normalized spacial score (nSPS) is 14.2. The van der Waals surface area contributed by atoms with Gasteiger partial charge >= 0.3 is 0 Å². The average molecular weight is 510 g/mol. The summed E-state index contributed by atoms with van der Waals surface area (Å²) < 4.78 is 11.4. The Balaban J connectivity index is 1.21. The van der Waals surface area contributed by atoms with Gasteiger partial charge in [-0.25, -0.2) is 15.0 Å². The summed E-state index contributed by atoms with van der Waals surface area (Å²) in [6.07, 6.45) is 6.45. The Labute approximate surface area is 219 Å². The maximum atomic E-state index is 5.97. The number of pyridine rings is 2. The minimum atomic E-state index is 0.625. The van der Waals surface area contributed by atoms with Crippen LogP contribution in [0.25, 0.3) is 44.1 Å². The molecule has 0 unspecified atom stereocenters. The highest BCUT2D eigenvalue weighted by Crippen LogP contribution is 2.33. The fourth-order valence-corrected chi connectivity index (χ4v) is 5.16. The van der Waals surface area contributed by atoms with Crippen LogP contribution in [0.15, 0.2) is 78.6 Å². The summed E-state index contributed by atoms with van der Waals surface area (Å²) in [5.74, 6) is 0.874. The molecule has 0 aliphatic carbocycles. The van der Waals surface area contributed by atoms with Crippen molar-refractivity contribution in [2.45, 2.75) is 6.42 Å². The standard InChI is InChI=1S/C29H27N5O2S/c1-4-22(19-30-10-1)27-28(26-5-2-17-37-26)33-29-25(32-27)18-23(20-31-29)21-6-8-24(9-7-21)36-14-3-11-34-12-15-35-16-13-34/h1-2,4-10,17-20H,3,11-16H2. The fourth-order valence-electron chi connectivity index (χ4n) is 4.44. The monoisotopic (exact) mass is 509 g/mol. The molecule has 0 saturated carbocycles. The van der Waals surface area contributed by atoms with Crippen molar-refractivity contribution in [2.75, 3.05) is 39.5 Å². The van der Waals surface area contributed by atoms with Crippen molar-refractivity contribution in [3.63, 3.8) is 0 Å². The second-order valence-corrected chi connectivity index (χ2v) is 9.83. The van der Waals surface area contributed by atoms with Crippen molar-refractivity contribution >= 4 is 22.5 Å². The quantitative estimate of drug-likeness (QED) is 0.253. The van der Waals surface area contributed by atoms with Crippen molar-refractivity contribution in [3.05, 3.63) is 78.6 Å². The maximum absolute atomic E-state index is 5.97. The molecule has 0 radical (unpaired) electrons. The van der Waals surface area contributed by atoms with E-state index in [1.54, 1.807) is 17.5 Å². The molecule has 7 nitrogen and oxygen atoms in total. The molecule has 8 heteroatoms. The third-order valence-corrected chi connectivity index (χ3v) is 7.27. The van der Waals surface area contributed by atoms with Gasteiger partial charge in [0, 0.05) is 49.4 Å². The molecule has 0 N–H and O–H groups in total. The van der Waals surface area contributed by atoms with Gasteiger partial charge in [0.1, 0.15) is 17.0 Å². The van der Waals surface area contributed by atoms with E-state index in [-0.39, 0.29) is 0 Å². The summed E-state index contributed by atoms with van der Waals surface area (Å²) >= 11 is 1.64. The number of hydrogen-bond donors (Lipinski definition) is 0. The third kappa shape index (κ3) is 5.51. The number of rotatable bonds is 8. The number of nitrogens with zero attached hydrogens (tertiary/aromatic N) is 5. The van der Waals surface area contributed by atoms with Gasteiger partial charge in [0.15, 0.2) is 5.65 Å². The highest BCUT2D eigenvalue weighted by Gasteiger charge is 2.15. The van der Waals surface area contributed by atoms with Crippen molar-refractivity contribution in [1.82, 2.24) is 24.8 Å². The zero-order chi connectivity index (χ0) is 24.9. The van der Waals surface area contributed by atoms with E-state index in [1.165, 1.54) is 0 Å². The topological polar surface area (TPSA) is 73.3 Å². The lowest BCUT2D eigenvalue weighted by atomic mass is 10.1. The van der Waals surface area contributed by atoms with E-state index in [0.29, 0.717) is 12.3 Å². The smallest absolute Gasteiger partial charge is 0.178 e. The number of morpholine rings is 1. The Kier molecular flexibility index (Phi) is 7.12. The maximum Gasteiger partial charge on any atom is 0.178 e. The number of fused-ring (bicyclic) bond motifs is 1. The highest BCUT2D eigenvalue weighted by atomic mass is 32.1. The van der Waals surface area contributed by atoms with Crippen LogP contribution >= 0.6 is 11.3 Å². The van der Waals surface area contributed by atoms with Gasteiger partial charge in [0.05, 0.1) is 30.4 Å². The Bertz CT molecular complexity index is 1450. The van der Waals surface area contributed by atoms with Crippen molar-refractivity contribution < 1.29 is 9.47 Å². The van der Waals surface area contributed by atoms with E-state index < -0.39 is 0 Å². The van der Waals surface area contributed by atoms with E-state index in [4.69, 9.17) is 19.4 Å². The van der Waals surface area contributed by atoms with Crippen LogP contribution in [0.5, 0.6) is 5.75 Å². The Morgan fingerprint density at radius 1 is 0.892 bits per heavy atom. The molecule has 1 aromatic carbocycles. The fraction of sp³-hybridized carbons (Fsp3) is 0.241. The van der Waals surface area contributed by atoms with Gasteiger partial charge in [-0.05, 0) is 53.8 Å². The molecule has 1 saturated heterocycles.